The Morgan fingerprint density at radius 1 is 0.154 bits per heavy atom. The third-order valence-corrected chi connectivity index (χ3v) is 0. The maximum Gasteiger partial charge on any atom is 0 e. The largest absolute Gasteiger partial charge is 0 e. The number of hydrogen-bond acceptors (Lipinski definition) is 0. The molecule has 0 bridgehead atoms. The van der Waals surface area contributed by atoms with Crippen LogP contribution in [0.3, 0.4) is 0 Å². The van der Waals surface area contributed by atoms with Crippen LogP contribution in [0.4, 0.5) is 0 Å². The molecule has 0 amide bonds. The summed E-state index contributed by atoms with van der Waals surface area (Å²) in [4.78, 5) is 0. The van der Waals surface area contributed by atoms with Crippen molar-refractivity contribution in [3.8, 4) is 0 Å². The zero-order valence-electron chi connectivity index (χ0n) is 8.50. The summed E-state index contributed by atoms with van der Waals surface area (Å²) in [5.41, 5.74) is 0. The minimum atomic E-state index is 0. The van der Waals surface area contributed by atoms with Gasteiger partial charge in [-0.05, 0) is 0 Å². The van der Waals surface area contributed by atoms with Crippen molar-refractivity contribution in [1.29, 1.82) is 0 Å². The Kier molecular flexibility index (Phi) is 570. The summed E-state index contributed by atoms with van der Waals surface area (Å²) in [6, 6.07) is 0. The van der Waals surface area contributed by atoms with E-state index in [4.69, 9.17) is 0 Å². The maximum absolute atomic E-state index is 0. The third kappa shape index (κ3) is 75.2. The molecule has 40 radical (unpaired) electrons. The summed E-state index contributed by atoms with van der Waals surface area (Å²) in [6.07, 6.45) is 0. The molecule has 0 nitrogen and oxygen atoms in total. The molecular weight excluding hydrogens is 2020 g/mol. The van der Waals surface area contributed by atoms with Crippen LogP contribution in [0.5, 0.6) is 0 Å². The van der Waals surface area contributed by atoms with Gasteiger partial charge in [0, 0.05) is 451 Å². The SMILES string of the molecule is [K].[K].[K].[K].[Pb].[Pb].[Pb].[Pb].[Pb].[Pb].[Pb].[Pb].[Pb]. The Morgan fingerprint density at radius 3 is 0.154 bits per heavy atom. The van der Waals surface area contributed by atoms with E-state index in [-0.39, 0.29) is 451 Å². The van der Waals surface area contributed by atoms with Gasteiger partial charge in [0.2, 0.25) is 0 Å². The zero-order valence-corrected chi connectivity index (χ0v) is 56.0. The van der Waals surface area contributed by atoms with E-state index in [9.17, 15) is 0 Å². The molecule has 40 valence electrons. The first-order valence-corrected chi connectivity index (χ1v) is 0. The van der Waals surface area contributed by atoms with Crippen LogP contribution in [0.15, 0.2) is 0 Å². The molecule has 13 heavy (non-hydrogen) atoms. The monoisotopic (exact) mass is 2030 g/mol. The Balaban J connectivity index is 0. The minimum absolute atomic E-state index is 0. The van der Waals surface area contributed by atoms with Crippen LogP contribution in [0.25, 0.3) is 0 Å². The topological polar surface area (TPSA) is 0 Å². The van der Waals surface area contributed by atoms with Crippen LogP contribution in [0.1, 0.15) is 0 Å². The molecule has 13 heteroatoms. The van der Waals surface area contributed by atoms with Crippen LogP contribution in [0.2, 0.25) is 0 Å². The molecule has 0 rings (SSSR count). The van der Waals surface area contributed by atoms with E-state index in [1.807, 2.05) is 0 Å². The fourth-order valence-electron chi connectivity index (χ4n) is 0. The van der Waals surface area contributed by atoms with Crippen LogP contribution in [0, 0.1) is 0 Å². The van der Waals surface area contributed by atoms with Gasteiger partial charge in [-0.3, -0.25) is 0 Å². The van der Waals surface area contributed by atoms with E-state index in [0.717, 1.165) is 0 Å². The Hall–Kier alpha value is 14.8. The standard InChI is InChI=1S/4K.9Pb. The van der Waals surface area contributed by atoms with Crippen LogP contribution >= 0.6 is 0 Å². The van der Waals surface area contributed by atoms with Gasteiger partial charge < -0.3 is 0 Å². The third-order valence-electron chi connectivity index (χ3n) is 0. The normalized spacial score (nSPS) is 0. The molecule has 0 spiro atoms. The minimum Gasteiger partial charge on any atom is 0 e. The molecule has 0 aromatic heterocycles. The average molecular weight is 2020 g/mol. The van der Waals surface area contributed by atoms with Gasteiger partial charge in [-0.2, -0.15) is 0 Å². The number of hydrogen-bond donors (Lipinski definition) is 0. The first-order chi connectivity index (χ1) is 0. The molecule has 0 N–H and O–H groups in total. The molecule has 0 aliphatic rings. The molecule has 0 aromatic rings. The van der Waals surface area contributed by atoms with Gasteiger partial charge in [0.15, 0.2) is 0 Å². The van der Waals surface area contributed by atoms with Crippen molar-refractivity contribution < 1.29 is 0 Å². The fraction of sp³-hybridized carbons (Fsp3) is 0. The molecule has 0 aromatic carbocycles. The number of rotatable bonds is 0. The Bertz CT molecular complexity index is 11.6. The van der Waals surface area contributed by atoms with Crippen molar-refractivity contribution in [2.24, 2.45) is 0 Å². The average Bonchev–Trinajstić information content (AvgIpc) is 0. The van der Waals surface area contributed by atoms with Gasteiger partial charge in [-0.15, -0.1) is 0 Å². The molecule has 0 atom stereocenters. The smallest absolute Gasteiger partial charge is 0 e. The van der Waals surface area contributed by atoms with Gasteiger partial charge in [-0.25, -0.2) is 0 Å². The summed E-state index contributed by atoms with van der Waals surface area (Å²) in [5, 5.41) is 0. The van der Waals surface area contributed by atoms with Gasteiger partial charge >= 0.3 is 0 Å². The van der Waals surface area contributed by atoms with Gasteiger partial charge in [0.05, 0.1) is 0 Å². The molecule has 0 unspecified atom stereocenters. The predicted molar refractivity (Wildman–Crippen MR) is 74.8 cm³/mol. The van der Waals surface area contributed by atoms with Crippen molar-refractivity contribution in [3.63, 3.8) is 0 Å². The van der Waals surface area contributed by atoms with E-state index in [2.05, 4.69) is 0 Å². The van der Waals surface area contributed by atoms with E-state index in [1.54, 1.807) is 0 Å². The summed E-state index contributed by atoms with van der Waals surface area (Å²) in [5.74, 6) is 0. The fourth-order valence-corrected chi connectivity index (χ4v) is 0. The van der Waals surface area contributed by atoms with E-state index >= 15 is 0 Å². The van der Waals surface area contributed by atoms with E-state index < -0.39 is 0 Å². The Morgan fingerprint density at radius 2 is 0.154 bits per heavy atom. The van der Waals surface area contributed by atoms with Gasteiger partial charge in [0.25, 0.3) is 0 Å². The van der Waals surface area contributed by atoms with Crippen molar-refractivity contribution in [2.45, 2.75) is 0 Å². The summed E-state index contributed by atoms with van der Waals surface area (Å²) < 4.78 is 0. The van der Waals surface area contributed by atoms with Crippen molar-refractivity contribution in [1.82, 2.24) is 0 Å². The van der Waals surface area contributed by atoms with Crippen molar-refractivity contribution in [3.05, 3.63) is 0 Å². The molecule has 0 heterocycles. The summed E-state index contributed by atoms with van der Waals surface area (Å²) >= 11 is 0. The Labute approximate surface area is 434 Å². The van der Waals surface area contributed by atoms with Crippen LogP contribution in [-0.4, -0.2) is 451 Å². The summed E-state index contributed by atoms with van der Waals surface area (Å²) in [6.45, 7) is 0. The second-order valence-electron chi connectivity index (χ2n) is 0. The quantitative estimate of drug-likeness (QED) is 0.214. The van der Waals surface area contributed by atoms with Crippen LogP contribution in [-0.2, 0) is 0 Å². The maximum atomic E-state index is 0. The molecular formula is K4Pb9. The van der Waals surface area contributed by atoms with Gasteiger partial charge in [0.1, 0.15) is 0 Å². The summed E-state index contributed by atoms with van der Waals surface area (Å²) in [7, 11) is 0. The van der Waals surface area contributed by atoms with E-state index in [0.29, 0.717) is 0 Å². The van der Waals surface area contributed by atoms with Crippen molar-refractivity contribution in [2.75, 3.05) is 0 Å². The van der Waals surface area contributed by atoms with Gasteiger partial charge in [-0.1, -0.05) is 0 Å². The van der Waals surface area contributed by atoms with E-state index in [1.165, 1.54) is 0 Å². The zero-order chi connectivity index (χ0) is 0. The van der Waals surface area contributed by atoms with Crippen molar-refractivity contribution >= 4 is 451 Å². The predicted octanol–water partition coefficient (Wildman–Crippen LogP) is -4.95. The molecule has 0 aliphatic carbocycles. The molecule has 0 fully saturated rings. The second-order valence-corrected chi connectivity index (χ2v) is 0. The molecule has 0 saturated heterocycles. The van der Waals surface area contributed by atoms with Crippen LogP contribution < -0.4 is 0 Å². The first kappa shape index (κ1) is 91.1. The second kappa shape index (κ2) is 81.4. The molecule has 0 aliphatic heterocycles. The first-order valence-electron chi connectivity index (χ1n) is 0. The molecule has 0 saturated carbocycles.